The lowest BCUT2D eigenvalue weighted by Gasteiger charge is -2.32. The second-order valence-electron chi connectivity index (χ2n) is 7.54. The van der Waals surface area contributed by atoms with E-state index in [1.54, 1.807) is 0 Å². The molecule has 0 saturated carbocycles. The van der Waals surface area contributed by atoms with Crippen molar-refractivity contribution in [3.63, 3.8) is 0 Å². The fourth-order valence-corrected chi connectivity index (χ4v) is 3.03. The minimum atomic E-state index is -0.933. The number of likely N-dealkylation sites (tertiary alicyclic amines) is 1. The van der Waals surface area contributed by atoms with Crippen molar-refractivity contribution in [1.82, 2.24) is 14.7 Å². The van der Waals surface area contributed by atoms with Crippen LogP contribution in [0.15, 0.2) is 6.07 Å². The van der Waals surface area contributed by atoms with E-state index in [0.717, 1.165) is 18.5 Å². The summed E-state index contributed by atoms with van der Waals surface area (Å²) in [5.41, 5.74) is 1.10. The van der Waals surface area contributed by atoms with Gasteiger partial charge in [-0.1, -0.05) is 13.8 Å². The van der Waals surface area contributed by atoms with Crippen LogP contribution in [0.25, 0.3) is 0 Å². The highest BCUT2D eigenvalue weighted by molar-refractivity contribution is 5.95. The van der Waals surface area contributed by atoms with E-state index in [4.69, 9.17) is 0 Å². The zero-order valence-electron chi connectivity index (χ0n) is 14.7. The molecule has 0 aliphatic carbocycles. The van der Waals surface area contributed by atoms with Crippen LogP contribution in [0.3, 0.4) is 0 Å². The Morgan fingerprint density at radius 3 is 2.43 bits per heavy atom. The fourth-order valence-electron chi connectivity index (χ4n) is 3.03. The topological polar surface area (TPSA) is 75.4 Å². The van der Waals surface area contributed by atoms with Crippen LogP contribution in [-0.4, -0.2) is 44.3 Å². The molecule has 1 aliphatic heterocycles. The van der Waals surface area contributed by atoms with E-state index in [1.807, 2.05) is 31.5 Å². The van der Waals surface area contributed by atoms with Crippen LogP contribution < -0.4 is 0 Å². The highest BCUT2D eigenvalue weighted by atomic mass is 16.4. The van der Waals surface area contributed by atoms with Crippen molar-refractivity contribution < 1.29 is 14.7 Å². The quantitative estimate of drug-likeness (QED) is 0.929. The summed E-state index contributed by atoms with van der Waals surface area (Å²) in [4.78, 5) is 25.7. The van der Waals surface area contributed by atoms with E-state index in [-0.39, 0.29) is 17.4 Å². The SMILES string of the molecule is CC(C)c1cc(C(=O)N2CCCC[C@H]2C(=O)O)nn1C(C)(C)C. The third-order valence-corrected chi connectivity index (χ3v) is 4.23. The van der Waals surface area contributed by atoms with Crippen molar-refractivity contribution in [1.29, 1.82) is 0 Å². The molecular weight excluding hydrogens is 294 g/mol. The molecule has 1 aromatic rings. The molecular formula is C17H27N3O3. The second kappa shape index (κ2) is 6.34. The summed E-state index contributed by atoms with van der Waals surface area (Å²) in [6, 6.07) is 1.07. The summed E-state index contributed by atoms with van der Waals surface area (Å²) < 4.78 is 1.88. The monoisotopic (exact) mass is 321 g/mol. The number of aromatic nitrogens is 2. The maximum Gasteiger partial charge on any atom is 0.326 e. The molecule has 6 heteroatoms. The highest BCUT2D eigenvalue weighted by Gasteiger charge is 2.34. The van der Waals surface area contributed by atoms with Crippen LogP contribution in [0.1, 0.15) is 76.0 Å². The Labute approximate surface area is 137 Å². The molecule has 2 heterocycles. The molecule has 23 heavy (non-hydrogen) atoms. The molecule has 0 aromatic carbocycles. The molecule has 0 radical (unpaired) electrons. The number of hydrogen-bond acceptors (Lipinski definition) is 3. The predicted octanol–water partition coefficient (Wildman–Crippen LogP) is 2.84. The van der Waals surface area contributed by atoms with Gasteiger partial charge in [-0.15, -0.1) is 0 Å². The first kappa shape index (κ1) is 17.5. The van der Waals surface area contributed by atoms with E-state index in [1.165, 1.54) is 4.90 Å². The van der Waals surface area contributed by atoms with E-state index in [9.17, 15) is 14.7 Å². The number of rotatable bonds is 3. The Morgan fingerprint density at radius 2 is 1.96 bits per heavy atom. The minimum Gasteiger partial charge on any atom is -0.480 e. The number of hydrogen-bond donors (Lipinski definition) is 1. The molecule has 1 aromatic heterocycles. The second-order valence-corrected chi connectivity index (χ2v) is 7.54. The lowest BCUT2D eigenvalue weighted by Crippen LogP contribution is -2.48. The Kier molecular flexibility index (Phi) is 4.82. The summed E-state index contributed by atoms with van der Waals surface area (Å²) in [6.45, 7) is 10.7. The normalized spacial score (nSPS) is 19.2. The molecule has 1 amide bonds. The third-order valence-electron chi connectivity index (χ3n) is 4.23. The van der Waals surface area contributed by atoms with Gasteiger partial charge in [0.05, 0.1) is 5.54 Å². The number of nitrogens with zero attached hydrogens (tertiary/aromatic N) is 3. The molecule has 128 valence electrons. The van der Waals surface area contributed by atoms with Gasteiger partial charge in [-0.3, -0.25) is 9.48 Å². The van der Waals surface area contributed by atoms with Crippen LogP contribution >= 0.6 is 0 Å². The van der Waals surface area contributed by atoms with Crippen molar-refractivity contribution in [3.8, 4) is 0 Å². The summed E-state index contributed by atoms with van der Waals surface area (Å²) in [6.07, 6.45) is 2.19. The van der Waals surface area contributed by atoms with Gasteiger partial charge in [0.1, 0.15) is 6.04 Å². The summed E-state index contributed by atoms with van der Waals surface area (Å²) in [5, 5.41) is 13.9. The summed E-state index contributed by atoms with van der Waals surface area (Å²) in [5.74, 6) is -0.973. The lowest BCUT2D eigenvalue weighted by atomic mass is 10.0. The Balaban J connectivity index is 2.37. The Hall–Kier alpha value is -1.85. The van der Waals surface area contributed by atoms with Gasteiger partial charge in [-0.2, -0.15) is 5.10 Å². The van der Waals surface area contributed by atoms with Crippen molar-refractivity contribution in [2.24, 2.45) is 0 Å². The molecule has 2 rings (SSSR count). The minimum absolute atomic E-state index is 0.230. The van der Waals surface area contributed by atoms with Crippen LogP contribution in [0.5, 0.6) is 0 Å². The summed E-state index contributed by atoms with van der Waals surface area (Å²) in [7, 11) is 0. The van der Waals surface area contributed by atoms with Crippen LogP contribution in [-0.2, 0) is 10.3 Å². The number of piperidine rings is 1. The molecule has 0 unspecified atom stereocenters. The van der Waals surface area contributed by atoms with Gasteiger partial charge in [0.15, 0.2) is 5.69 Å². The molecule has 0 bridgehead atoms. The largest absolute Gasteiger partial charge is 0.480 e. The molecule has 6 nitrogen and oxygen atoms in total. The van der Waals surface area contributed by atoms with Crippen molar-refractivity contribution in [2.75, 3.05) is 6.54 Å². The Bertz CT molecular complexity index is 599. The zero-order valence-corrected chi connectivity index (χ0v) is 14.7. The Morgan fingerprint density at radius 1 is 1.30 bits per heavy atom. The number of carbonyl (C=O) groups is 2. The van der Waals surface area contributed by atoms with Crippen LogP contribution in [0, 0.1) is 0 Å². The number of carboxylic acid groups (broad SMARTS) is 1. The standard InChI is InChI=1S/C17H27N3O3/c1-11(2)14-10-12(18-20(14)17(3,4)5)15(21)19-9-7-6-8-13(19)16(22)23/h10-11,13H,6-9H2,1-5H3,(H,22,23)/t13-/m0/s1. The first-order valence-corrected chi connectivity index (χ1v) is 8.27. The predicted molar refractivity (Wildman–Crippen MR) is 87.6 cm³/mol. The number of amides is 1. The molecule has 1 atom stereocenters. The van der Waals surface area contributed by atoms with Crippen molar-refractivity contribution in [2.45, 2.75) is 71.4 Å². The third kappa shape index (κ3) is 3.57. The van der Waals surface area contributed by atoms with E-state index in [0.29, 0.717) is 18.7 Å². The van der Waals surface area contributed by atoms with Crippen LogP contribution in [0.4, 0.5) is 0 Å². The zero-order chi connectivity index (χ0) is 17.4. The van der Waals surface area contributed by atoms with Gasteiger partial charge >= 0.3 is 5.97 Å². The van der Waals surface area contributed by atoms with Gasteiger partial charge in [-0.05, 0) is 52.0 Å². The van der Waals surface area contributed by atoms with E-state index in [2.05, 4.69) is 18.9 Å². The van der Waals surface area contributed by atoms with Gasteiger partial charge < -0.3 is 10.0 Å². The van der Waals surface area contributed by atoms with Crippen molar-refractivity contribution in [3.05, 3.63) is 17.5 Å². The van der Waals surface area contributed by atoms with Gasteiger partial charge in [0.25, 0.3) is 5.91 Å². The van der Waals surface area contributed by atoms with Crippen LogP contribution in [0.2, 0.25) is 0 Å². The number of aliphatic carboxylic acids is 1. The molecule has 1 saturated heterocycles. The number of carbonyl (C=O) groups excluding carboxylic acids is 1. The molecule has 1 N–H and O–H groups in total. The van der Waals surface area contributed by atoms with E-state index >= 15 is 0 Å². The summed E-state index contributed by atoms with van der Waals surface area (Å²) >= 11 is 0. The first-order chi connectivity index (χ1) is 10.6. The maximum atomic E-state index is 12.8. The number of carboxylic acids is 1. The first-order valence-electron chi connectivity index (χ1n) is 8.27. The average molecular weight is 321 g/mol. The lowest BCUT2D eigenvalue weighted by molar-refractivity contribution is -0.143. The fraction of sp³-hybridized carbons (Fsp3) is 0.706. The van der Waals surface area contributed by atoms with E-state index < -0.39 is 12.0 Å². The van der Waals surface area contributed by atoms with Crippen molar-refractivity contribution >= 4 is 11.9 Å². The maximum absolute atomic E-state index is 12.8. The molecule has 1 aliphatic rings. The molecule has 0 spiro atoms. The van der Waals surface area contributed by atoms with Gasteiger partial charge in [0, 0.05) is 12.2 Å². The average Bonchev–Trinajstić information content (AvgIpc) is 2.92. The van der Waals surface area contributed by atoms with Gasteiger partial charge in [-0.25, -0.2) is 4.79 Å². The highest BCUT2D eigenvalue weighted by Crippen LogP contribution is 2.25. The molecule has 1 fully saturated rings. The smallest absolute Gasteiger partial charge is 0.326 e. The van der Waals surface area contributed by atoms with Gasteiger partial charge in [0.2, 0.25) is 0 Å².